The second-order valence-corrected chi connectivity index (χ2v) is 7.05. The third kappa shape index (κ3) is 3.55. The molecule has 0 saturated carbocycles. The Morgan fingerprint density at radius 1 is 1.39 bits per heavy atom. The average molecular weight is 274 g/mol. The van der Waals surface area contributed by atoms with Gasteiger partial charge in [-0.3, -0.25) is 4.68 Å². The molecule has 0 bridgehead atoms. The van der Waals surface area contributed by atoms with Gasteiger partial charge in [0.25, 0.3) is 0 Å². The molecule has 0 aliphatic rings. The Bertz CT molecular complexity index is 504. The van der Waals surface area contributed by atoms with E-state index in [-0.39, 0.29) is 11.5 Å². The van der Waals surface area contributed by atoms with Gasteiger partial charge in [0.1, 0.15) is 9.84 Å². The van der Waals surface area contributed by atoms with E-state index < -0.39 is 15.9 Å². The van der Waals surface area contributed by atoms with Crippen LogP contribution >= 0.6 is 0 Å². The molecule has 1 rings (SSSR count). The minimum atomic E-state index is -2.91. The molecule has 0 aliphatic heterocycles. The lowest BCUT2D eigenvalue weighted by atomic mass is 10.1. The van der Waals surface area contributed by atoms with E-state index in [1.807, 2.05) is 13.8 Å². The van der Waals surface area contributed by atoms with Gasteiger partial charge in [0.15, 0.2) is 0 Å². The van der Waals surface area contributed by atoms with Crippen LogP contribution in [0.4, 0.5) is 0 Å². The van der Waals surface area contributed by atoms with Gasteiger partial charge in [-0.1, -0.05) is 6.92 Å². The molecule has 1 N–H and O–H groups in total. The first kappa shape index (κ1) is 15.2. The van der Waals surface area contributed by atoms with E-state index in [1.54, 1.807) is 18.5 Å². The number of aliphatic hydroxyl groups is 1. The lowest BCUT2D eigenvalue weighted by Crippen LogP contribution is -2.12. The minimum Gasteiger partial charge on any atom is -0.389 e. The van der Waals surface area contributed by atoms with Crippen LogP contribution in [0.1, 0.15) is 43.3 Å². The number of rotatable bonds is 6. The Kier molecular flexibility index (Phi) is 4.92. The van der Waals surface area contributed by atoms with Gasteiger partial charge >= 0.3 is 0 Å². The fraction of sp³-hybridized carbons (Fsp3) is 0.750. The summed E-state index contributed by atoms with van der Waals surface area (Å²) in [6.45, 7) is 7.69. The lowest BCUT2D eigenvalue weighted by molar-refractivity contribution is 0.197. The van der Waals surface area contributed by atoms with Crippen molar-refractivity contribution in [2.45, 2.75) is 46.8 Å². The van der Waals surface area contributed by atoms with Gasteiger partial charge in [-0.05, 0) is 27.2 Å². The molecule has 1 aromatic heterocycles. The zero-order valence-electron chi connectivity index (χ0n) is 11.5. The smallest absolute Gasteiger partial charge is 0.150 e. The van der Waals surface area contributed by atoms with E-state index in [2.05, 4.69) is 5.10 Å². The molecule has 0 spiro atoms. The van der Waals surface area contributed by atoms with Crippen LogP contribution < -0.4 is 0 Å². The standard InChI is InChI=1S/C12H22N2O3S/c1-5-18(16,17)8-6-7-14-10(3)12(11(4)15)9(2)13-14/h11,15H,5-8H2,1-4H3. The molecule has 1 unspecified atom stereocenters. The van der Waals surface area contributed by atoms with Crippen molar-refractivity contribution in [1.29, 1.82) is 0 Å². The summed E-state index contributed by atoms with van der Waals surface area (Å²) in [5.74, 6) is 0.370. The third-order valence-electron chi connectivity index (χ3n) is 3.12. The van der Waals surface area contributed by atoms with E-state index in [1.165, 1.54) is 0 Å². The van der Waals surface area contributed by atoms with E-state index in [0.717, 1.165) is 17.0 Å². The quantitative estimate of drug-likeness (QED) is 0.850. The molecule has 1 atom stereocenters. The van der Waals surface area contributed by atoms with Crippen LogP contribution in [0.25, 0.3) is 0 Å². The molecule has 18 heavy (non-hydrogen) atoms. The predicted molar refractivity (Wildman–Crippen MR) is 71.3 cm³/mol. The first-order valence-electron chi connectivity index (χ1n) is 6.21. The summed E-state index contributed by atoms with van der Waals surface area (Å²) in [5.41, 5.74) is 2.56. The van der Waals surface area contributed by atoms with Crippen LogP contribution in [0.5, 0.6) is 0 Å². The molecule has 0 amide bonds. The zero-order chi connectivity index (χ0) is 13.9. The summed E-state index contributed by atoms with van der Waals surface area (Å²) in [7, 11) is -2.91. The van der Waals surface area contributed by atoms with Crippen molar-refractivity contribution < 1.29 is 13.5 Å². The van der Waals surface area contributed by atoms with Gasteiger partial charge in [0, 0.05) is 23.6 Å². The number of aryl methyl sites for hydroxylation is 2. The normalized spacial score (nSPS) is 13.8. The van der Waals surface area contributed by atoms with Gasteiger partial charge in [-0.25, -0.2) is 8.42 Å². The van der Waals surface area contributed by atoms with E-state index >= 15 is 0 Å². The zero-order valence-corrected chi connectivity index (χ0v) is 12.3. The maximum Gasteiger partial charge on any atom is 0.150 e. The Labute approximate surface area is 109 Å². The number of sulfone groups is 1. The highest BCUT2D eigenvalue weighted by Gasteiger charge is 2.16. The highest BCUT2D eigenvalue weighted by atomic mass is 32.2. The van der Waals surface area contributed by atoms with E-state index in [9.17, 15) is 13.5 Å². The van der Waals surface area contributed by atoms with Crippen molar-refractivity contribution in [3.05, 3.63) is 17.0 Å². The molecule has 104 valence electrons. The highest BCUT2D eigenvalue weighted by molar-refractivity contribution is 7.91. The third-order valence-corrected chi connectivity index (χ3v) is 4.91. The van der Waals surface area contributed by atoms with Crippen LogP contribution in [-0.2, 0) is 16.4 Å². The summed E-state index contributed by atoms with van der Waals surface area (Å²) < 4.78 is 24.6. The summed E-state index contributed by atoms with van der Waals surface area (Å²) in [5, 5.41) is 14.0. The van der Waals surface area contributed by atoms with Crippen molar-refractivity contribution in [2.24, 2.45) is 0 Å². The predicted octanol–water partition coefficient (Wildman–Crippen LogP) is 1.38. The molecule has 0 radical (unpaired) electrons. The second kappa shape index (κ2) is 5.84. The van der Waals surface area contributed by atoms with Crippen molar-refractivity contribution in [3.63, 3.8) is 0 Å². The van der Waals surface area contributed by atoms with E-state index in [0.29, 0.717) is 13.0 Å². The molecular weight excluding hydrogens is 252 g/mol. The fourth-order valence-electron chi connectivity index (χ4n) is 2.11. The van der Waals surface area contributed by atoms with E-state index in [4.69, 9.17) is 0 Å². The maximum atomic E-state index is 11.4. The lowest BCUT2D eigenvalue weighted by Gasteiger charge is -2.07. The number of aromatic nitrogens is 2. The molecule has 0 fully saturated rings. The summed E-state index contributed by atoms with van der Waals surface area (Å²) in [6, 6.07) is 0. The molecule has 5 nitrogen and oxygen atoms in total. The molecule has 6 heteroatoms. The topological polar surface area (TPSA) is 72.2 Å². The minimum absolute atomic E-state index is 0.184. The number of nitrogens with zero attached hydrogens (tertiary/aromatic N) is 2. The van der Waals surface area contributed by atoms with Crippen LogP contribution in [0, 0.1) is 13.8 Å². The van der Waals surface area contributed by atoms with Crippen molar-refractivity contribution >= 4 is 9.84 Å². The first-order chi connectivity index (χ1) is 8.28. The number of aliphatic hydroxyl groups excluding tert-OH is 1. The van der Waals surface area contributed by atoms with Gasteiger partial charge < -0.3 is 5.11 Å². The maximum absolute atomic E-state index is 11.4. The number of hydrogen-bond donors (Lipinski definition) is 1. The van der Waals surface area contributed by atoms with Crippen molar-refractivity contribution in [2.75, 3.05) is 11.5 Å². The van der Waals surface area contributed by atoms with Gasteiger partial charge in [-0.2, -0.15) is 5.10 Å². The van der Waals surface area contributed by atoms with Crippen LogP contribution in [-0.4, -0.2) is 34.8 Å². The van der Waals surface area contributed by atoms with Gasteiger partial charge in [-0.15, -0.1) is 0 Å². The first-order valence-corrected chi connectivity index (χ1v) is 8.03. The summed E-state index contributed by atoms with van der Waals surface area (Å²) >= 11 is 0. The van der Waals surface area contributed by atoms with Crippen molar-refractivity contribution in [1.82, 2.24) is 9.78 Å². The fourth-order valence-corrected chi connectivity index (χ4v) is 2.97. The summed E-state index contributed by atoms with van der Waals surface area (Å²) in [6.07, 6.45) is 0.00956. The summed E-state index contributed by atoms with van der Waals surface area (Å²) in [4.78, 5) is 0. The molecule has 0 aliphatic carbocycles. The van der Waals surface area contributed by atoms with Gasteiger partial charge in [0.2, 0.25) is 0 Å². The molecular formula is C12H22N2O3S. The highest BCUT2D eigenvalue weighted by Crippen LogP contribution is 2.21. The Morgan fingerprint density at radius 3 is 2.44 bits per heavy atom. The van der Waals surface area contributed by atoms with Crippen LogP contribution in [0.2, 0.25) is 0 Å². The number of hydrogen-bond acceptors (Lipinski definition) is 4. The molecule has 0 aromatic carbocycles. The van der Waals surface area contributed by atoms with Gasteiger partial charge in [0.05, 0.1) is 17.6 Å². The second-order valence-electron chi connectivity index (χ2n) is 4.57. The van der Waals surface area contributed by atoms with Crippen LogP contribution in [0.15, 0.2) is 0 Å². The Morgan fingerprint density at radius 2 is 2.00 bits per heavy atom. The Balaban J connectivity index is 2.73. The van der Waals surface area contributed by atoms with Crippen molar-refractivity contribution in [3.8, 4) is 0 Å². The SMILES string of the molecule is CCS(=O)(=O)CCCn1nc(C)c(C(C)O)c1C. The molecule has 1 heterocycles. The monoisotopic (exact) mass is 274 g/mol. The molecule has 1 aromatic rings. The van der Waals surface area contributed by atoms with Crippen LogP contribution in [0.3, 0.4) is 0 Å². The Hall–Kier alpha value is -0.880. The molecule has 0 saturated heterocycles. The average Bonchev–Trinajstić information content (AvgIpc) is 2.54. The largest absolute Gasteiger partial charge is 0.389 e.